The van der Waals surface area contributed by atoms with Crippen LogP contribution in [0.2, 0.25) is 0 Å². The number of fused-ring (bicyclic) bond motifs is 1. The van der Waals surface area contributed by atoms with Crippen LogP contribution in [0.5, 0.6) is 0 Å². The molecule has 0 saturated carbocycles. The monoisotopic (exact) mass is 424 g/mol. The van der Waals surface area contributed by atoms with Gasteiger partial charge >= 0.3 is 0 Å². The molecule has 0 unspecified atom stereocenters. The van der Waals surface area contributed by atoms with Crippen LogP contribution in [-0.2, 0) is 16.6 Å². The minimum atomic E-state index is -3.71. The summed E-state index contributed by atoms with van der Waals surface area (Å²) in [6.07, 6.45) is 5.96. The summed E-state index contributed by atoms with van der Waals surface area (Å²) in [4.78, 5) is 4.58. The van der Waals surface area contributed by atoms with Gasteiger partial charge in [-0.05, 0) is 31.2 Å². The van der Waals surface area contributed by atoms with Gasteiger partial charge in [0.25, 0.3) is 5.89 Å². The molecule has 10 heteroatoms. The number of hydrogen-bond donors (Lipinski definition) is 0. The van der Waals surface area contributed by atoms with Gasteiger partial charge in [-0.1, -0.05) is 24.3 Å². The molecule has 30 heavy (non-hydrogen) atoms. The van der Waals surface area contributed by atoms with Gasteiger partial charge in [0.1, 0.15) is 16.6 Å². The Hall–Kier alpha value is -3.11. The zero-order chi connectivity index (χ0) is 20.7. The third-order valence-electron chi connectivity index (χ3n) is 5.35. The lowest BCUT2D eigenvalue weighted by Crippen LogP contribution is -2.30. The van der Waals surface area contributed by atoms with E-state index in [1.165, 1.54) is 10.5 Å². The third-order valence-corrected chi connectivity index (χ3v) is 7.21. The minimum absolute atomic E-state index is 0.173. The number of pyridine rings is 1. The normalized spacial score (nSPS) is 17.7. The Labute approximate surface area is 173 Å². The van der Waals surface area contributed by atoms with Gasteiger partial charge in [-0.2, -0.15) is 9.40 Å². The Morgan fingerprint density at radius 3 is 2.90 bits per heavy atom. The van der Waals surface area contributed by atoms with Crippen molar-refractivity contribution in [2.24, 2.45) is 0 Å². The van der Waals surface area contributed by atoms with Crippen LogP contribution in [-0.4, -0.2) is 44.2 Å². The van der Waals surface area contributed by atoms with Gasteiger partial charge in [0.15, 0.2) is 0 Å². The molecule has 4 heterocycles. The lowest BCUT2D eigenvalue weighted by Gasteiger charge is -2.20. The summed E-state index contributed by atoms with van der Waals surface area (Å²) in [5.41, 5.74) is 0.587. The molecule has 4 aromatic rings. The van der Waals surface area contributed by atoms with Crippen LogP contribution in [0.25, 0.3) is 22.4 Å². The van der Waals surface area contributed by atoms with Gasteiger partial charge in [0.05, 0.1) is 6.20 Å². The van der Waals surface area contributed by atoms with E-state index in [1.54, 1.807) is 17.1 Å². The molecule has 0 aliphatic carbocycles. The van der Waals surface area contributed by atoms with Crippen molar-refractivity contribution in [2.45, 2.75) is 37.2 Å². The van der Waals surface area contributed by atoms with Gasteiger partial charge < -0.3 is 4.42 Å². The van der Waals surface area contributed by atoms with Gasteiger partial charge in [0, 0.05) is 30.9 Å². The molecule has 5 rings (SSSR count). The van der Waals surface area contributed by atoms with E-state index in [4.69, 9.17) is 4.42 Å². The van der Waals surface area contributed by atoms with E-state index >= 15 is 0 Å². The zero-order valence-corrected chi connectivity index (χ0v) is 17.2. The van der Waals surface area contributed by atoms with Crippen LogP contribution >= 0.6 is 0 Å². The fraction of sp³-hybridized carbons (Fsp3) is 0.300. The van der Waals surface area contributed by atoms with E-state index in [2.05, 4.69) is 20.3 Å². The standard InChI is InChI=1S/C20H20N6O3S/c1-2-25-13-15(12-22-25)30(27,28)26-11-5-8-17(26)19-23-24-20(29-19)18-16-7-4-3-6-14(16)9-10-21-18/h3-4,6-7,9-10,12-13,17H,2,5,8,11H2,1H3/t17-/m0/s1. The molecule has 1 atom stereocenters. The molecule has 0 spiro atoms. The molecule has 1 saturated heterocycles. The molecule has 0 radical (unpaired) electrons. The number of benzene rings is 1. The summed E-state index contributed by atoms with van der Waals surface area (Å²) in [5, 5.41) is 14.4. The molecule has 154 valence electrons. The average molecular weight is 424 g/mol. The summed E-state index contributed by atoms with van der Waals surface area (Å²) in [5.74, 6) is 0.563. The number of nitrogens with zero attached hydrogens (tertiary/aromatic N) is 6. The lowest BCUT2D eigenvalue weighted by molar-refractivity contribution is 0.332. The first kappa shape index (κ1) is 18.9. The fourth-order valence-electron chi connectivity index (χ4n) is 3.82. The zero-order valence-electron chi connectivity index (χ0n) is 16.3. The van der Waals surface area contributed by atoms with Crippen molar-refractivity contribution in [1.29, 1.82) is 0 Å². The lowest BCUT2D eigenvalue weighted by atomic mass is 10.1. The Bertz CT molecular complexity index is 1310. The fourth-order valence-corrected chi connectivity index (χ4v) is 5.42. The summed E-state index contributed by atoms with van der Waals surface area (Å²) >= 11 is 0. The number of aromatic nitrogens is 5. The van der Waals surface area contributed by atoms with Crippen LogP contribution in [0.4, 0.5) is 0 Å². The van der Waals surface area contributed by atoms with E-state index in [0.717, 1.165) is 17.2 Å². The van der Waals surface area contributed by atoms with Crippen molar-refractivity contribution < 1.29 is 12.8 Å². The first-order chi connectivity index (χ1) is 14.6. The van der Waals surface area contributed by atoms with Gasteiger partial charge in [-0.3, -0.25) is 9.67 Å². The topological polar surface area (TPSA) is 107 Å². The second-order valence-corrected chi connectivity index (χ2v) is 9.02. The van der Waals surface area contributed by atoms with E-state index in [1.807, 2.05) is 37.3 Å². The summed E-state index contributed by atoms with van der Waals surface area (Å²) in [6.45, 7) is 2.90. The smallest absolute Gasteiger partial charge is 0.266 e. The van der Waals surface area contributed by atoms with E-state index in [9.17, 15) is 8.42 Å². The number of aryl methyl sites for hydroxylation is 1. The van der Waals surface area contributed by atoms with Crippen molar-refractivity contribution in [3.05, 3.63) is 54.8 Å². The second kappa shape index (κ2) is 7.29. The third kappa shape index (κ3) is 3.08. The van der Waals surface area contributed by atoms with Crippen molar-refractivity contribution >= 4 is 20.8 Å². The van der Waals surface area contributed by atoms with E-state index < -0.39 is 16.1 Å². The molecule has 0 bridgehead atoms. The van der Waals surface area contributed by atoms with Crippen molar-refractivity contribution in [1.82, 2.24) is 29.3 Å². The predicted octanol–water partition coefficient (Wildman–Crippen LogP) is 3.03. The van der Waals surface area contributed by atoms with Gasteiger partial charge in [-0.25, -0.2) is 8.42 Å². The summed E-state index contributed by atoms with van der Waals surface area (Å²) in [6, 6.07) is 9.22. The van der Waals surface area contributed by atoms with Crippen LogP contribution in [0, 0.1) is 0 Å². The highest BCUT2D eigenvalue weighted by molar-refractivity contribution is 7.89. The molecule has 1 aliphatic heterocycles. The minimum Gasteiger partial charge on any atom is -0.417 e. The first-order valence-corrected chi connectivity index (χ1v) is 11.2. The van der Waals surface area contributed by atoms with E-state index in [-0.39, 0.29) is 16.7 Å². The molecular formula is C20H20N6O3S. The van der Waals surface area contributed by atoms with Crippen LogP contribution in [0.1, 0.15) is 31.7 Å². The van der Waals surface area contributed by atoms with Crippen LogP contribution in [0.15, 0.2) is 58.2 Å². The predicted molar refractivity (Wildman–Crippen MR) is 109 cm³/mol. The van der Waals surface area contributed by atoms with Gasteiger partial charge in [0.2, 0.25) is 15.9 Å². The van der Waals surface area contributed by atoms with Crippen LogP contribution < -0.4 is 0 Å². The molecule has 3 aromatic heterocycles. The Morgan fingerprint density at radius 2 is 2.07 bits per heavy atom. The van der Waals surface area contributed by atoms with Gasteiger partial charge in [-0.15, -0.1) is 10.2 Å². The Kier molecular flexibility index (Phi) is 4.59. The number of sulfonamides is 1. The summed E-state index contributed by atoms with van der Waals surface area (Å²) < 4.78 is 35.3. The molecule has 0 N–H and O–H groups in total. The Morgan fingerprint density at radius 1 is 1.20 bits per heavy atom. The van der Waals surface area contributed by atoms with Crippen LogP contribution in [0.3, 0.4) is 0 Å². The Balaban J connectivity index is 1.49. The molecular weight excluding hydrogens is 404 g/mol. The molecule has 9 nitrogen and oxygen atoms in total. The van der Waals surface area contributed by atoms with Crippen molar-refractivity contribution in [3.8, 4) is 11.6 Å². The maximum absolute atomic E-state index is 13.2. The highest BCUT2D eigenvalue weighted by atomic mass is 32.2. The molecule has 1 fully saturated rings. The summed E-state index contributed by atoms with van der Waals surface area (Å²) in [7, 11) is -3.71. The highest BCUT2D eigenvalue weighted by Crippen LogP contribution is 2.37. The maximum Gasteiger partial charge on any atom is 0.266 e. The van der Waals surface area contributed by atoms with Crippen molar-refractivity contribution in [3.63, 3.8) is 0 Å². The quantitative estimate of drug-likeness (QED) is 0.485. The highest BCUT2D eigenvalue weighted by Gasteiger charge is 2.40. The number of rotatable bonds is 5. The average Bonchev–Trinajstić information content (AvgIpc) is 3.53. The number of hydrogen-bond acceptors (Lipinski definition) is 7. The molecule has 0 amide bonds. The second-order valence-electron chi connectivity index (χ2n) is 7.13. The SMILES string of the molecule is CCn1cc(S(=O)(=O)N2CCC[C@H]2c2nnc(-c3nccc4ccccc34)o2)cn1. The molecule has 1 aromatic carbocycles. The first-order valence-electron chi connectivity index (χ1n) is 9.80. The van der Waals surface area contributed by atoms with E-state index in [0.29, 0.717) is 25.2 Å². The van der Waals surface area contributed by atoms with Crippen molar-refractivity contribution in [2.75, 3.05) is 6.54 Å². The largest absolute Gasteiger partial charge is 0.417 e. The maximum atomic E-state index is 13.2. The molecule has 1 aliphatic rings.